The van der Waals surface area contributed by atoms with E-state index in [1.165, 1.54) is 0 Å². The first-order valence-corrected chi connectivity index (χ1v) is 6.17. The third-order valence-electron chi connectivity index (χ3n) is 3.10. The predicted octanol–water partition coefficient (Wildman–Crippen LogP) is 2.58. The molecule has 0 aliphatic carbocycles. The van der Waals surface area contributed by atoms with Crippen molar-refractivity contribution in [2.45, 2.75) is 26.8 Å². The van der Waals surface area contributed by atoms with E-state index >= 15 is 0 Å². The van der Waals surface area contributed by atoms with Crippen molar-refractivity contribution >= 4 is 16.9 Å². The number of H-pyrrole nitrogens is 1. The first kappa shape index (κ1) is 12.6. The number of carbonyl (C=O) groups excluding carboxylic acids is 1. The van der Waals surface area contributed by atoms with E-state index in [0.29, 0.717) is 12.3 Å². The largest absolute Gasteiger partial charge is 0.426 e. The van der Waals surface area contributed by atoms with Crippen LogP contribution >= 0.6 is 0 Å². The Labute approximate surface area is 106 Å². The molecule has 3 N–H and O–H groups in total. The average Bonchev–Trinajstić information content (AvgIpc) is 2.79. The Balaban J connectivity index is 2.21. The number of hydrogen-bond donors (Lipinski definition) is 2. The summed E-state index contributed by atoms with van der Waals surface area (Å²) in [5, 5.41) is 1.00. The van der Waals surface area contributed by atoms with Crippen LogP contribution < -0.4 is 10.5 Å². The second kappa shape index (κ2) is 5.23. The van der Waals surface area contributed by atoms with Gasteiger partial charge in [0.25, 0.3) is 0 Å². The Morgan fingerprint density at radius 2 is 2.22 bits per heavy atom. The van der Waals surface area contributed by atoms with Crippen LogP contribution in [0.2, 0.25) is 0 Å². The fourth-order valence-corrected chi connectivity index (χ4v) is 1.73. The normalized spacial score (nSPS) is 12.6. The number of aromatic nitrogens is 1. The SMILES string of the molecule is CCC(C)C(=O)Oc1ccc2[nH]c(CN)cc2c1. The van der Waals surface area contributed by atoms with Crippen molar-refractivity contribution in [1.29, 1.82) is 0 Å². The van der Waals surface area contributed by atoms with Gasteiger partial charge < -0.3 is 15.5 Å². The van der Waals surface area contributed by atoms with Gasteiger partial charge in [-0.15, -0.1) is 0 Å². The Morgan fingerprint density at radius 1 is 1.44 bits per heavy atom. The fourth-order valence-electron chi connectivity index (χ4n) is 1.73. The molecule has 2 rings (SSSR count). The first-order valence-electron chi connectivity index (χ1n) is 6.17. The maximum Gasteiger partial charge on any atom is 0.314 e. The van der Waals surface area contributed by atoms with Crippen LogP contribution in [0.3, 0.4) is 0 Å². The third kappa shape index (κ3) is 2.54. The molecule has 0 amide bonds. The number of ether oxygens (including phenoxy) is 1. The van der Waals surface area contributed by atoms with E-state index in [1.54, 1.807) is 6.07 Å². The van der Waals surface area contributed by atoms with Crippen molar-refractivity contribution in [2.75, 3.05) is 0 Å². The molecule has 0 saturated carbocycles. The first-order chi connectivity index (χ1) is 8.63. The maximum atomic E-state index is 11.7. The monoisotopic (exact) mass is 246 g/mol. The van der Waals surface area contributed by atoms with Crippen molar-refractivity contribution in [3.63, 3.8) is 0 Å². The summed E-state index contributed by atoms with van der Waals surface area (Å²) < 4.78 is 5.33. The zero-order chi connectivity index (χ0) is 13.1. The zero-order valence-corrected chi connectivity index (χ0v) is 10.7. The summed E-state index contributed by atoms with van der Waals surface area (Å²) in [7, 11) is 0. The van der Waals surface area contributed by atoms with Gasteiger partial charge in [-0.1, -0.05) is 13.8 Å². The minimum absolute atomic E-state index is 0.0773. The minimum atomic E-state index is -0.188. The van der Waals surface area contributed by atoms with Gasteiger partial charge in [-0.3, -0.25) is 4.79 Å². The van der Waals surface area contributed by atoms with Gasteiger partial charge in [0.05, 0.1) is 5.92 Å². The molecule has 4 heteroatoms. The lowest BCUT2D eigenvalue weighted by Crippen LogP contribution is -2.16. The molecule has 2 aromatic rings. The molecule has 18 heavy (non-hydrogen) atoms. The summed E-state index contributed by atoms with van der Waals surface area (Å²) in [6.45, 7) is 4.30. The average molecular weight is 246 g/mol. The fraction of sp³-hybridized carbons (Fsp3) is 0.357. The lowest BCUT2D eigenvalue weighted by molar-refractivity contribution is -0.138. The highest BCUT2D eigenvalue weighted by Gasteiger charge is 2.13. The minimum Gasteiger partial charge on any atom is -0.426 e. The summed E-state index contributed by atoms with van der Waals surface area (Å²) >= 11 is 0. The lowest BCUT2D eigenvalue weighted by atomic mass is 10.1. The lowest BCUT2D eigenvalue weighted by Gasteiger charge is -2.08. The third-order valence-corrected chi connectivity index (χ3v) is 3.10. The Hall–Kier alpha value is -1.81. The number of rotatable bonds is 4. The summed E-state index contributed by atoms with van der Waals surface area (Å²) in [6.07, 6.45) is 0.780. The summed E-state index contributed by atoms with van der Waals surface area (Å²) in [5.74, 6) is 0.313. The quantitative estimate of drug-likeness (QED) is 0.643. The molecule has 1 aromatic carbocycles. The van der Waals surface area contributed by atoms with Gasteiger partial charge in [0.2, 0.25) is 0 Å². The summed E-state index contributed by atoms with van der Waals surface area (Å²) in [6, 6.07) is 7.51. The van der Waals surface area contributed by atoms with E-state index in [9.17, 15) is 4.79 Å². The Morgan fingerprint density at radius 3 is 2.89 bits per heavy atom. The molecular formula is C14H18N2O2. The topological polar surface area (TPSA) is 68.1 Å². The number of fused-ring (bicyclic) bond motifs is 1. The van der Waals surface area contributed by atoms with Crippen LogP contribution in [0.4, 0.5) is 0 Å². The molecule has 0 saturated heterocycles. The molecule has 0 radical (unpaired) electrons. The van der Waals surface area contributed by atoms with E-state index < -0.39 is 0 Å². The number of benzene rings is 1. The number of hydrogen-bond acceptors (Lipinski definition) is 3. The molecule has 1 heterocycles. The molecule has 0 aliphatic rings. The summed E-state index contributed by atoms with van der Waals surface area (Å²) in [4.78, 5) is 14.9. The number of aromatic amines is 1. The molecule has 1 unspecified atom stereocenters. The molecule has 4 nitrogen and oxygen atoms in total. The van der Waals surface area contributed by atoms with E-state index in [2.05, 4.69) is 4.98 Å². The molecular weight excluding hydrogens is 228 g/mol. The number of nitrogens with two attached hydrogens (primary N) is 1. The van der Waals surface area contributed by atoms with Gasteiger partial charge in [-0.2, -0.15) is 0 Å². The van der Waals surface area contributed by atoms with E-state index in [0.717, 1.165) is 23.0 Å². The predicted molar refractivity (Wildman–Crippen MR) is 71.3 cm³/mol. The molecule has 1 atom stereocenters. The van der Waals surface area contributed by atoms with Gasteiger partial charge in [0.15, 0.2) is 0 Å². The van der Waals surface area contributed by atoms with Crippen molar-refractivity contribution in [2.24, 2.45) is 11.7 Å². The van der Waals surface area contributed by atoms with Crippen molar-refractivity contribution in [3.05, 3.63) is 30.0 Å². The Kier molecular flexibility index (Phi) is 3.67. The van der Waals surface area contributed by atoms with Gasteiger partial charge in [-0.25, -0.2) is 0 Å². The molecule has 96 valence electrons. The highest BCUT2D eigenvalue weighted by atomic mass is 16.5. The van der Waals surface area contributed by atoms with Gasteiger partial charge in [-0.05, 0) is 30.7 Å². The molecule has 0 spiro atoms. The van der Waals surface area contributed by atoms with Gasteiger partial charge in [0, 0.05) is 23.1 Å². The van der Waals surface area contributed by atoms with Crippen molar-refractivity contribution in [3.8, 4) is 5.75 Å². The standard InChI is InChI=1S/C14H18N2O2/c1-3-9(2)14(17)18-12-4-5-13-10(7-12)6-11(8-15)16-13/h4-7,9,16H,3,8,15H2,1-2H3. The zero-order valence-electron chi connectivity index (χ0n) is 10.7. The van der Waals surface area contributed by atoms with Crippen LogP contribution in [0.25, 0.3) is 10.9 Å². The smallest absolute Gasteiger partial charge is 0.314 e. The number of nitrogens with one attached hydrogen (secondary N) is 1. The van der Waals surface area contributed by atoms with Crippen LogP contribution in [0.5, 0.6) is 5.75 Å². The molecule has 0 fully saturated rings. The summed E-state index contributed by atoms with van der Waals surface area (Å²) in [5.41, 5.74) is 7.54. The van der Waals surface area contributed by atoms with Crippen LogP contribution in [-0.2, 0) is 11.3 Å². The molecule has 1 aromatic heterocycles. The highest BCUT2D eigenvalue weighted by molar-refractivity contribution is 5.83. The van der Waals surface area contributed by atoms with Crippen LogP contribution in [-0.4, -0.2) is 11.0 Å². The Bertz CT molecular complexity index is 560. The van der Waals surface area contributed by atoms with Crippen LogP contribution in [0, 0.1) is 5.92 Å². The van der Waals surface area contributed by atoms with Crippen LogP contribution in [0.1, 0.15) is 26.0 Å². The molecule has 0 aliphatic heterocycles. The number of carbonyl (C=O) groups is 1. The van der Waals surface area contributed by atoms with E-state index in [4.69, 9.17) is 10.5 Å². The second-order valence-corrected chi connectivity index (χ2v) is 4.48. The van der Waals surface area contributed by atoms with Gasteiger partial charge >= 0.3 is 5.97 Å². The maximum absolute atomic E-state index is 11.7. The highest BCUT2D eigenvalue weighted by Crippen LogP contribution is 2.22. The van der Waals surface area contributed by atoms with Crippen LogP contribution in [0.15, 0.2) is 24.3 Å². The second-order valence-electron chi connectivity index (χ2n) is 4.48. The van der Waals surface area contributed by atoms with Gasteiger partial charge in [0.1, 0.15) is 5.75 Å². The van der Waals surface area contributed by atoms with Crippen molar-refractivity contribution in [1.82, 2.24) is 4.98 Å². The van der Waals surface area contributed by atoms with Crippen molar-refractivity contribution < 1.29 is 9.53 Å². The number of esters is 1. The molecule has 0 bridgehead atoms. The van der Waals surface area contributed by atoms with E-state index in [1.807, 2.05) is 32.0 Å². The van der Waals surface area contributed by atoms with E-state index in [-0.39, 0.29) is 11.9 Å².